The van der Waals surface area contributed by atoms with Crippen LogP contribution in [0.15, 0.2) is 47.6 Å². The van der Waals surface area contributed by atoms with Crippen LogP contribution in [0.4, 0.5) is 0 Å². The van der Waals surface area contributed by atoms with Crippen molar-refractivity contribution in [1.82, 2.24) is 20.9 Å². The molecule has 1 heterocycles. The number of carbonyl (C=O) groups is 1. The Kier molecular flexibility index (Phi) is 12.1. The number of carbonyl (C=O) groups excluding carboxylic acids is 1. The van der Waals surface area contributed by atoms with Crippen LogP contribution in [0.3, 0.4) is 0 Å². The third-order valence-electron chi connectivity index (χ3n) is 3.82. The van der Waals surface area contributed by atoms with E-state index in [1.807, 2.05) is 37.3 Å². The van der Waals surface area contributed by atoms with Crippen LogP contribution in [0, 0.1) is 0 Å². The van der Waals surface area contributed by atoms with Gasteiger partial charge in [-0.15, -0.1) is 24.0 Å². The molecule has 0 fully saturated rings. The molecule has 0 aliphatic carbocycles. The second kappa shape index (κ2) is 14.0. The van der Waals surface area contributed by atoms with E-state index in [1.165, 1.54) is 0 Å². The zero-order valence-corrected chi connectivity index (χ0v) is 19.7. The lowest BCUT2D eigenvalue weighted by atomic mass is 10.2. The van der Waals surface area contributed by atoms with Gasteiger partial charge in [-0.1, -0.05) is 29.8 Å². The minimum absolute atomic E-state index is 0. The summed E-state index contributed by atoms with van der Waals surface area (Å²) < 4.78 is 5.52. The van der Waals surface area contributed by atoms with Crippen LogP contribution in [0.1, 0.15) is 18.1 Å². The summed E-state index contributed by atoms with van der Waals surface area (Å²) in [5.74, 6) is 1.23. The van der Waals surface area contributed by atoms with Gasteiger partial charge in [0.05, 0.1) is 0 Å². The number of hydrogen-bond donors (Lipinski definition) is 3. The van der Waals surface area contributed by atoms with E-state index in [4.69, 9.17) is 16.3 Å². The number of aromatic nitrogens is 1. The predicted molar refractivity (Wildman–Crippen MR) is 127 cm³/mol. The molecule has 9 heteroatoms. The smallest absolute Gasteiger partial charge is 0.257 e. The topological polar surface area (TPSA) is 87.6 Å². The average Bonchev–Trinajstić information content (AvgIpc) is 2.71. The number of aliphatic imine (C=N–C) groups is 1. The number of amides is 1. The molecule has 158 valence electrons. The van der Waals surface area contributed by atoms with Gasteiger partial charge >= 0.3 is 0 Å². The quantitative estimate of drug-likeness (QED) is 0.200. The van der Waals surface area contributed by atoms with Crippen LogP contribution >= 0.6 is 35.6 Å². The minimum Gasteiger partial charge on any atom is -0.484 e. The molecule has 3 N–H and O–H groups in total. The van der Waals surface area contributed by atoms with E-state index in [2.05, 4.69) is 25.9 Å². The molecule has 0 saturated heterocycles. The highest BCUT2D eigenvalue weighted by molar-refractivity contribution is 14.0. The summed E-state index contributed by atoms with van der Waals surface area (Å²) in [6.07, 6.45) is 2.58. The number of rotatable bonds is 9. The van der Waals surface area contributed by atoms with Gasteiger partial charge in [-0.05, 0) is 42.7 Å². The van der Waals surface area contributed by atoms with Crippen LogP contribution in [0.2, 0.25) is 5.15 Å². The van der Waals surface area contributed by atoms with Crippen molar-refractivity contribution >= 4 is 47.4 Å². The zero-order valence-electron chi connectivity index (χ0n) is 16.6. The Balaban J connectivity index is 0.00000420. The Morgan fingerprint density at radius 3 is 2.69 bits per heavy atom. The summed E-state index contributed by atoms with van der Waals surface area (Å²) in [4.78, 5) is 19.8. The van der Waals surface area contributed by atoms with Gasteiger partial charge in [0.25, 0.3) is 5.91 Å². The lowest BCUT2D eigenvalue weighted by molar-refractivity contribution is -0.122. The molecule has 0 atom stereocenters. The molecule has 2 rings (SSSR count). The Morgan fingerprint density at radius 1 is 1.17 bits per heavy atom. The van der Waals surface area contributed by atoms with Gasteiger partial charge in [0, 0.05) is 32.9 Å². The highest BCUT2D eigenvalue weighted by Crippen LogP contribution is 2.13. The fourth-order valence-corrected chi connectivity index (χ4v) is 2.54. The molecule has 2 aromatic rings. The van der Waals surface area contributed by atoms with E-state index in [-0.39, 0.29) is 36.5 Å². The molecule has 0 saturated carbocycles. The molecule has 0 aliphatic heterocycles. The molecule has 1 aromatic heterocycles. The van der Waals surface area contributed by atoms with Gasteiger partial charge in [-0.3, -0.25) is 9.79 Å². The Hall–Kier alpha value is -2.07. The zero-order chi connectivity index (χ0) is 20.2. The maximum atomic E-state index is 11.5. The van der Waals surface area contributed by atoms with Crippen LogP contribution < -0.4 is 20.7 Å². The average molecular weight is 532 g/mol. The molecule has 29 heavy (non-hydrogen) atoms. The van der Waals surface area contributed by atoms with E-state index in [9.17, 15) is 4.79 Å². The fraction of sp³-hybridized carbons (Fsp3) is 0.350. The van der Waals surface area contributed by atoms with Crippen molar-refractivity contribution in [2.75, 3.05) is 26.7 Å². The van der Waals surface area contributed by atoms with Gasteiger partial charge in [0.1, 0.15) is 10.9 Å². The third-order valence-corrected chi connectivity index (χ3v) is 4.04. The largest absolute Gasteiger partial charge is 0.484 e. The Bertz CT molecular complexity index is 787. The number of benzene rings is 1. The third kappa shape index (κ3) is 9.80. The Morgan fingerprint density at radius 2 is 2.00 bits per heavy atom. The number of pyridine rings is 1. The van der Waals surface area contributed by atoms with Crippen molar-refractivity contribution in [3.8, 4) is 5.75 Å². The number of nitrogens with one attached hydrogen (secondary N) is 3. The van der Waals surface area contributed by atoms with Gasteiger partial charge in [0.15, 0.2) is 12.6 Å². The number of halogens is 2. The lowest BCUT2D eigenvalue weighted by Gasteiger charge is -2.13. The van der Waals surface area contributed by atoms with Gasteiger partial charge in [0.2, 0.25) is 0 Å². The molecule has 1 aromatic carbocycles. The summed E-state index contributed by atoms with van der Waals surface area (Å²) in [6.45, 7) is 3.77. The van der Waals surface area contributed by atoms with Crippen molar-refractivity contribution in [2.45, 2.75) is 19.9 Å². The first-order chi connectivity index (χ1) is 13.6. The maximum absolute atomic E-state index is 11.5. The molecular formula is C20H27ClIN5O2. The van der Waals surface area contributed by atoms with Crippen LogP contribution in [-0.2, 0) is 17.8 Å². The molecule has 0 unspecified atom stereocenters. The number of hydrogen-bond acceptors (Lipinski definition) is 4. The van der Waals surface area contributed by atoms with E-state index in [1.54, 1.807) is 19.3 Å². The minimum atomic E-state index is -0.133. The number of nitrogens with zero attached hydrogens (tertiary/aromatic N) is 2. The number of guanidine groups is 1. The van der Waals surface area contributed by atoms with Crippen LogP contribution in [0.25, 0.3) is 0 Å². The van der Waals surface area contributed by atoms with Crippen molar-refractivity contribution < 1.29 is 9.53 Å². The molecule has 0 aliphatic rings. The van der Waals surface area contributed by atoms with Crippen molar-refractivity contribution in [3.05, 3.63) is 58.9 Å². The van der Waals surface area contributed by atoms with Gasteiger partial charge in [-0.25, -0.2) is 4.98 Å². The molecule has 0 spiro atoms. The second-order valence-corrected chi connectivity index (χ2v) is 6.37. The SMILES string of the molecule is CCNC(=O)COc1cccc(CNC(=NC)NCCc2ccc(Cl)nc2)c1.I. The van der Waals surface area contributed by atoms with Gasteiger partial charge in [-0.2, -0.15) is 0 Å². The highest BCUT2D eigenvalue weighted by atomic mass is 127. The molecule has 0 bridgehead atoms. The second-order valence-electron chi connectivity index (χ2n) is 5.98. The van der Waals surface area contributed by atoms with E-state index in [0.29, 0.717) is 30.0 Å². The van der Waals surface area contributed by atoms with E-state index >= 15 is 0 Å². The van der Waals surface area contributed by atoms with Crippen LogP contribution in [-0.4, -0.2) is 43.6 Å². The van der Waals surface area contributed by atoms with Crippen molar-refractivity contribution in [1.29, 1.82) is 0 Å². The standard InChI is InChI=1S/C20H26ClN5O2.HI/c1-3-23-19(27)14-28-17-6-4-5-16(11-17)13-26-20(22-2)24-10-9-15-7-8-18(21)25-12-15;/h4-8,11-12H,3,9-10,13-14H2,1-2H3,(H,23,27)(H2,22,24,26);1H. The predicted octanol–water partition coefficient (Wildman–Crippen LogP) is 2.78. The summed E-state index contributed by atoms with van der Waals surface area (Å²) in [7, 11) is 1.73. The summed E-state index contributed by atoms with van der Waals surface area (Å²) in [6, 6.07) is 11.4. The number of likely N-dealkylation sites (N-methyl/N-ethyl adjacent to an activating group) is 1. The fourth-order valence-electron chi connectivity index (χ4n) is 2.43. The van der Waals surface area contributed by atoms with Crippen molar-refractivity contribution in [2.24, 2.45) is 4.99 Å². The summed E-state index contributed by atoms with van der Waals surface area (Å²) in [5, 5.41) is 9.72. The van der Waals surface area contributed by atoms with Crippen LogP contribution in [0.5, 0.6) is 5.75 Å². The maximum Gasteiger partial charge on any atom is 0.257 e. The lowest BCUT2D eigenvalue weighted by Crippen LogP contribution is -2.37. The first-order valence-electron chi connectivity index (χ1n) is 9.14. The van der Waals surface area contributed by atoms with E-state index < -0.39 is 0 Å². The summed E-state index contributed by atoms with van der Waals surface area (Å²) >= 11 is 5.79. The highest BCUT2D eigenvalue weighted by Gasteiger charge is 2.03. The van der Waals surface area contributed by atoms with Gasteiger partial charge < -0.3 is 20.7 Å². The monoisotopic (exact) mass is 531 g/mol. The first kappa shape index (κ1) is 25.0. The molecule has 0 radical (unpaired) electrons. The Labute approximate surface area is 193 Å². The van der Waals surface area contributed by atoms with Crippen molar-refractivity contribution in [3.63, 3.8) is 0 Å². The molecule has 1 amide bonds. The normalized spacial score (nSPS) is 10.7. The number of ether oxygens (including phenoxy) is 1. The first-order valence-corrected chi connectivity index (χ1v) is 9.52. The van der Waals surface area contributed by atoms with E-state index in [0.717, 1.165) is 24.1 Å². The summed E-state index contributed by atoms with van der Waals surface area (Å²) in [5.41, 5.74) is 2.13. The molecule has 7 nitrogen and oxygen atoms in total. The molecular weight excluding hydrogens is 505 g/mol.